The number of urea groups is 1. The molecule has 1 saturated carbocycles. The Morgan fingerprint density at radius 1 is 1.24 bits per heavy atom. The molecule has 0 aromatic rings. The molecule has 0 radical (unpaired) electrons. The van der Waals surface area contributed by atoms with Crippen molar-refractivity contribution in [2.24, 2.45) is 17.6 Å². The molecular weight excluding hydrogens is 218 g/mol. The largest absolute Gasteiger partial charge is 0.369 e. The van der Waals surface area contributed by atoms with Crippen molar-refractivity contribution >= 4 is 11.9 Å². The van der Waals surface area contributed by atoms with Crippen LogP contribution in [0.15, 0.2) is 12.7 Å². The van der Waals surface area contributed by atoms with E-state index >= 15 is 0 Å². The van der Waals surface area contributed by atoms with Gasteiger partial charge in [-0.1, -0.05) is 6.08 Å². The molecule has 0 atom stereocenters. The molecule has 4 N–H and O–H groups in total. The summed E-state index contributed by atoms with van der Waals surface area (Å²) in [6, 6.07) is -0.165. The van der Waals surface area contributed by atoms with Gasteiger partial charge < -0.3 is 16.4 Å². The summed E-state index contributed by atoms with van der Waals surface area (Å²) in [6.45, 7) is 4.65. The predicted molar refractivity (Wildman–Crippen MR) is 66.2 cm³/mol. The Morgan fingerprint density at radius 3 is 2.41 bits per heavy atom. The van der Waals surface area contributed by atoms with E-state index in [-0.39, 0.29) is 17.9 Å². The Balaban J connectivity index is 2.15. The van der Waals surface area contributed by atoms with Gasteiger partial charge in [0.1, 0.15) is 0 Å². The van der Waals surface area contributed by atoms with Gasteiger partial charge in [-0.25, -0.2) is 4.79 Å². The fourth-order valence-corrected chi connectivity index (χ4v) is 2.12. The van der Waals surface area contributed by atoms with Gasteiger partial charge in [0.2, 0.25) is 5.91 Å². The summed E-state index contributed by atoms with van der Waals surface area (Å²) in [6.07, 6.45) is 5.23. The highest BCUT2D eigenvalue weighted by Gasteiger charge is 2.24. The van der Waals surface area contributed by atoms with Crippen molar-refractivity contribution in [2.75, 3.05) is 13.1 Å². The van der Waals surface area contributed by atoms with Crippen LogP contribution in [0.2, 0.25) is 0 Å². The molecule has 1 aliphatic rings. The van der Waals surface area contributed by atoms with Crippen molar-refractivity contribution < 1.29 is 9.59 Å². The normalized spacial score (nSPS) is 23.8. The number of amides is 3. The molecule has 0 unspecified atom stereocenters. The monoisotopic (exact) mass is 239 g/mol. The number of carbonyl (C=O) groups is 2. The molecule has 0 aromatic heterocycles. The zero-order valence-electron chi connectivity index (χ0n) is 10.1. The van der Waals surface area contributed by atoms with Gasteiger partial charge >= 0.3 is 6.03 Å². The molecular formula is C12H21N3O2. The van der Waals surface area contributed by atoms with Gasteiger partial charge in [-0.05, 0) is 31.6 Å². The highest BCUT2D eigenvalue weighted by Crippen LogP contribution is 2.27. The second-order valence-electron chi connectivity index (χ2n) is 4.50. The van der Waals surface area contributed by atoms with Crippen LogP contribution < -0.4 is 16.4 Å². The first kappa shape index (κ1) is 13.5. The summed E-state index contributed by atoms with van der Waals surface area (Å²) in [7, 11) is 0. The minimum Gasteiger partial charge on any atom is -0.369 e. The first-order chi connectivity index (χ1) is 8.13. The number of hydrogen-bond donors (Lipinski definition) is 3. The van der Waals surface area contributed by atoms with Crippen molar-refractivity contribution in [2.45, 2.75) is 25.7 Å². The molecule has 1 aliphatic carbocycles. The molecule has 1 rings (SSSR count). The average Bonchev–Trinajstić information content (AvgIpc) is 2.34. The number of primary amides is 1. The molecule has 0 spiro atoms. The summed E-state index contributed by atoms with van der Waals surface area (Å²) in [5.74, 6) is 0.293. The van der Waals surface area contributed by atoms with Crippen LogP contribution in [0.1, 0.15) is 25.7 Å². The molecule has 1 fully saturated rings. The van der Waals surface area contributed by atoms with E-state index in [9.17, 15) is 9.59 Å². The SMILES string of the molecule is C=CCNC(=O)NCC1CCC(C(N)=O)CC1. The number of rotatable bonds is 5. The van der Waals surface area contributed by atoms with E-state index in [1.165, 1.54) is 0 Å². The molecule has 5 heteroatoms. The predicted octanol–water partition coefficient (Wildman–Crippen LogP) is 0.763. The minimum atomic E-state index is -0.194. The molecule has 96 valence electrons. The van der Waals surface area contributed by atoms with E-state index in [4.69, 9.17) is 5.73 Å². The van der Waals surface area contributed by atoms with Crippen LogP contribution in [0.4, 0.5) is 4.79 Å². The lowest BCUT2D eigenvalue weighted by molar-refractivity contribution is -0.122. The van der Waals surface area contributed by atoms with Gasteiger partial charge in [-0.3, -0.25) is 4.79 Å². The van der Waals surface area contributed by atoms with E-state index in [0.717, 1.165) is 25.7 Å². The lowest BCUT2D eigenvalue weighted by atomic mass is 9.82. The van der Waals surface area contributed by atoms with E-state index in [1.54, 1.807) is 6.08 Å². The molecule has 3 amide bonds. The summed E-state index contributed by atoms with van der Waals surface area (Å²) < 4.78 is 0. The third kappa shape index (κ3) is 4.89. The molecule has 0 aliphatic heterocycles. The van der Waals surface area contributed by atoms with Crippen molar-refractivity contribution in [3.05, 3.63) is 12.7 Å². The van der Waals surface area contributed by atoms with E-state index in [0.29, 0.717) is 19.0 Å². The Bertz CT molecular complexity index is 283. The molecule has 17 heavy (non-hydrogen) atoms. The van der Waals surface area contributed by atoms with Gasteiger partial charge in [0.05, 0.1) is 0 Å². The Kier molecular flexibility index (Phi) is 5.52. The van der Waals surface area contributed by atoms with Gasteiger partial charge in [0.15, 0.2) is 0 Å². The van der Waals surface area contributed by atoms with Gasteiger partial charge in [-0.2, -0.15) is 0 Å². The van der Waals surface area contributed by atoms with E-state index in [1.807, 2.05) is 0 Å². The summed E-state index contributed by atoms with van der Waals surface area (Å²) in [5.41, 5.74) is 5.26. The lowest BCUT2D eigenvalue weighted by Gasteiger charge is -2.26. The van der Waals surface area contributed by atoms with Crippen LogP contribution in [-0.2, 0) is 4.79 Å². The van der Waals surface area contributed by atoms with Crippen molar-refractivity contribution in [3.8, 4) is 0 Å². The molecule has 0 aromatic carbocycles. The zero-order valence-corrected chi connectivity index (χ0v) is 10.1. The van der Waals surface area contributed by atoms with Crippen LogP contribution >= 0.6 is 0 Å². The van der Waals surface area contributed by atoms with Crippen LogP contribution in [0.25, 0.3) is 0 Å². The highest BCUT2D eigenvalue weighted by atomic mass is 16.2. The van der Waals surface area contributed by atoms with Crippen molar-refractivity contribution in [3.63, 3.8) is 0 Å². The van der Waals surface area contributed by atoms with Gasteiger partial charge in [0, 0.05) is 19.0 Å². The highest BCUT2D eigenvalue weighted by molar-refractivity contribution is 5.76. The third-order valence-electron chi connectivity index (χ3n) is 3.21. The Hall–Kier alpha value is -1.52. The lowest BCUT2D eigenvalue weighted by Crippen LogP contribution is -2.39. The maximum atomic E-state index is 11.3. The summed E-state index contributed by atoms with van der Waals surface area (Å²) >= 11 is 0. The maximum Gasteiger partial charge on any atom is 0.315 e. The smallest absolute Gasteiger partial charge is 0.315 e. The van der Waals surface area contributed by atoms with Crippen molar-refractivity contribution in [1.82, 2.24) is 10.6 Å². The average molecular weight is 239 g/mol. The van der Waals surface area contributed by atoms with Gasteiger partial charge in [-0.15, -0.1) is 6.58 Å². The van der Waals surface area contributed by atoms with Crippen LogP contribution in [-0.4, -0.2) is 25.0 Å². The van der Waals surface area contributed by atoms with E-state index in [2.05, 4.69) is 17.2 Å². The number of nitrogens with one attached hydrogen (secondary N) is 2. The number of nitrogens with two attached hydrogens (primary N) is 1. The summed E-state index contributed by atoms with van der Waals surface area (Å²) in [4.78, 5) is 22.3. The van der Waals surface area contributed by atoms with Gasteiger partial charge in [0.25, 0.3) is 0 Å². The molecule has 0 bridgehead atoms. The first-order valence-corrected chi connectivity index (χ1v) is 6.05. The fourth-order valence-electron chi connectivity index (χ4n) is 2.12. The standard InChI is InChI=1S/C12H21N3O2/c1-2-7-14-12(17)15-8-9-3-5-10(6-4-9)11(13)16/h2,9-10H,1,3-8H2,(H2,13,16)(H2,14,15,17). The maximum absolute atomic E-state index is 11.3. The van der Waals surface area contributed by atoms with Crippen LogP contribution in [0, 0.1) is 11.8 Å². The summed E-state index contributed by atoms with van der Waals surface area (Å²) in [5, 5.41) is 5.47. The van der Waals surface area contributed by atoms with Crippen molar-refractivity contribution in [1.29, 1.82) is 0 Å². The first-order valence-electron chi connectivity index (χ1n) is 6.05. The topological polar surface area (TPSA) is 84.2 Å². The number of hydrogen-bond acceptors (Lipinski definition) is 2. The molecule has 0 saturated heterocycles. The van der Waals surface area contributed by atoms with E-state index < -0.39 is 0 Å². The second kappa shape index (κ2) is 6.93. The van der Waals surface area contributed by atoms with Crippen LogP contribution in [0.5, 0.6) is 0 Å². The molecule has 0 heterocycles. The quantitative estimate of drug-likeness (QED) is 0.619. The third-order valence-corrected chi connectivity index (χ3v) is 3.21. The second-order valence-corrected chi connectivity index (χ2v) is 4.50. The zero-order chi connectivity index (χ0) is 12.7. The Labute approximate surface area is 102 Å². The fraction of sp³-hybridized carbons (Fsp3) is 0.667. The number of carbonyl (C=O) groups excluding carboxylic acids is 2. The minimum absolute atomic E-state index is 0.0286. The molecule has 5 nitrogen and oxygen atoms in total. The Morgan fingerprint density at radius 2 is 1.88 bits per heavy atom. The van der Waals surface area contributed by atoms with Crippen LogP contribution in [0.3, 0.4) is 0 Å².